The molecule has 0 saturated carbocycles. The Bertz CT molecular complexity index is 2380. The van der Waals surface area contributed by atoms with E-state index in [1.807, 2.05) is 115 Å². The van der Waals surface area contributed by atoms with Gasteiger partial charge in [-0.2, -0.15) is 0 Å². The first-order chi connectivity index (χ1) is 27.3. The zero-order valence-corrected chi connectivity index (χ0v) is 34.0. The number of para-hydroxylation sites is 1. The highest BCUT2D eigenvalue weighted by Crippen LogP contribution is 2.42. The fourth-order valence-corrected chi connectivity index (χ4v) is 7.66. The van der Waals surface area contributed by atoms with Crippen LogP contribution in [0.15, 0.2) is 138 Å². The molecule has 5 aromatic carbocycles. The molecule has 3 amide bonds. The maximum Gasteiger partial charge on any atom is 0.407 e. The Kier molecular flexibility index (Phi) is 12.6. The molecule has 11 heteroatoms. The predicted molar refractivity (Wildman–Crippen MR) is 231 cm³/mol. The number of hydrogen-bond donors (Lipinski definition) is 4. The number of fused-ring (bicyclic) bond motifs is 1. The van der Waals surface area contributed by atoms with E-state index in [1.165, 1.54) is 11.0 Å². The smallest absolute Gasteiger partial charge is 0.407 e. The topological polar surface area (TPSA) is 133 Å². The Hall–Kier alpha value is -6.17. The third kappa shape index (κ3) is 10.4. The van der Waals surface area contributed by atoms with E-state index >= 15 is 0 Å². The monoisotopic (exact) mass is 782 g/mol. The first kappa shape index (κ1) is 40.5. The van der Waals surface area contributed by atoms with Crippen LogP contribution in [0.5, 0.6) is 5.75 Å². The van der Waals surface area contributed by atoms with Crippen LogP contribution in [0.3, 0.4) is 0 Å². The largest absolute Gasteiger partial charge is 0.487 e. The normalized spacial score (nSPS) is 12.2. The van der Waals surface area contributed by atoms with Gasteiger partial charge in [-0.3, -0.25) is 4.79 Å². The van der Waals surface area contributed by atoms with Crippen LogP contribution >= 0.6 is 0 Å². The summed E-state index contributed by atoms with van der Waals surface area (Å²) in [6, 6.07) is 41.2. The number of nitrogens with zero attached hydrogens (tertiary/aromatic N) is 1. The van der Waals surface area contributed by atoms with Crippen LogP contribution in [0.1, 0.15) is 43.6 Å². The lowest BCUT2D eigenvalue weighted by Crippen LogP contribution is -2.45. The molecule has 0 aliphatic heterocycles. The fourth-order valence-electron chi connectivity index (χ4n) is 6.40. The number of anilines is 2. The van der Waals surface area contributed by atoms with Crippen LogP contribution < -0.4 is 20.9 Å². The van der Waals surface area contributed by atoms with Crippen molar-refractivity contribution in [2.75, 3.05) is 23.7 Å². The molecule has 0 unspecified atom stereocenters. The molecule has 10 nitrogen and oxygen atoms in total. The van der Waals surface area contributed by atoms with Crippen molar-refractivity contribution in [1.29, 1.82) is 0 Å². The number of nitrogens with one attached hydrogen (secondary N) is 3. The predicted octanol–water partition coefficient (Wildman–Crippen LogP) is 10.7. The highest BCUT2D eigenvalue weighted by atomic mass is 28.4. The number of aromatic nitrogens is 1. The summed E-state index contributed by atoms with van der Waals surface area (Å²) in [7, 11) is -2.45. The van der Waals surface area contributed by atoms with Crippen LogP contribution in [-0.4, -0.2) is 48.5 Å². The average molecular weight is 783 g/mol. The second kappa shape index (κ2) is 17.7. The summed E-state index contributed by atoms with van der Waals surface area (Å²) in [5, 5.41) is 17.0. The van der Waals surface area contributed by atoms with E-state index in [1.54, 1.807) is 12.1 Å². The highest BCUT2D eigenvalue weighted by molar-refractivity contribution is 6.74. The molecular formula is C46H50N4O6Si. The first-order valence-electron chi connectivity index (χ1n) is 19.1. The summed E-state index contributed by atoms with van der Waals surface area (Å²) in [6.07, 6.45) is -1.33. The minimum Gasteiger partial charge on any atom is -0.487 e. The van der Waals surface area contributed by atoms with Crippen molar-refractivity contribution >= 4 is 42.7 Å². The number of pyridine rings is 1. The number of rotatable bonds is 14. The third-order valence-corrected chi connectivity index (χ3v) is 15.0. The molecular weight excluding hydrogens is 733 g/mol. The van der Waals surface area contributed by atoms with Gasteiger partial charge in [0.05, 0.1) is 23.9 Å². The van der Waals surface area contributed by atoms with E-state index in [9.17, 15) is 19.5 Å². The number of urea groups is 1. The van der Waals surface area contributed by atoms with Crippen LogP contribution in [-0.2, 0) is 17.5 Å². The van der Waals surface area contributed by atoms with E-state index in [-0.39, 0.29) is 23.7 Å². The zero-order valence-electron chi connectivity index (χ0n) is 33.0. The molecule has 0 aliphatic carbocycles. The van der Waals surface area contributed by atoms with Gasteiger partial charge in [-0.15, -0.1) is 0 Å². The lowest BCUT2D eigenvalue weighted by molar-refractivity contribution is 0.102. The number of carbonyl (C=O) groups excluding carboxylic acids is 1. The van der Waals surface area contributed by atoms with E-state index in [0.29, 0.717) is 35.7 Å². The number of carbonyl (C=O) groups is 2. The summed E-state index contributed by atoms with van der Waals surface area (Å²) < 4.78 is 13.2. The van der Waals surface area contributed by atoms with E-state index < -0.39 is 26.5 Å². The van der Waals surface area contributed by atoms with E-state index in [4.69, 9.17) is 9.16 Å². The van der Waals surface area contributed by atoms with Gasteiger partial charge in [0.1, 0.15) is 12.4 Å². The summed E-state index contributed by atoms with van der Waals surface area (Å²) in [5.41, 5.74) is 6.00. The minimum absolute atomic E-state index is 0.0570. The molecule has 57 heavy (non-hydrogen) atoms. The number of benzene rings is 5. The second-order valence-corrected chi connectivity index (χ2v) is 20.3. The van der Waals surface area contributed by atoms with Crippen molar-refractivity contribution in [2.45, 2.75) is 58.0 Å². The van der Waals surface area contributed by atoms with Crippen molar-refractivity contribution in [3.05, 3.63) is 161 Å². The van der Waals surface area contributed by atoms with Gasteiger partial charge in [0.15, 0.2) is 8.32 Å². The molecule has 1 heterocycles. The Labute approximate surface area is 334 Å². The quantitative estimate of drug-likeness (QED) is 0.0813. The van der Waals surface area contributed by atoms with Gasteiger partial charge in [-0.1, -0.05) is 118 Å². The number of H-pyrrole nitrogens is 1. The SMILES string of the molecule is CC(C)(C)[Si](C)(C)O[C@@H](CN(CCc1cccc(NC(=O)Nc2ccccc2-c2ccccc2)c1)C(=O)O)c1ccc(OCc2ccccc2)c2[nH]c(=O)ccc12. The zero-order chi connectivity index (χ0) is 40.6. The van der Waals surface area contributed by atoms with Gasteiger partial charge in [0, 0.05) is 29.2 Å². The molecule has 1 atom stereocenters. The van der Waals surface area contributed by atoms with Crippen molar-refractivity contribution in [1.82, 2.24) is 9.88 Å². The third-order valence-electron chi connectivity index (χ3n) is 10.5. The van der Waals surface area contributed by atoms with Crippen LogP contribution in [0.4, 0.5) is 21.0 Å². The lowest BCUT2D eigenvalue weighted by Gasteiger charge is -2.40. The van der Waals surface area contributed by atoms with Crippen LogP contribution in [0, 0.1) is 0 Å². The summed E-state index contributed by atoms with van der Waals surface area (Å²) >= 11 is 0. The maximum atomic E-state index is 13.2. The highest BCUT2D eigenvalue weighted by Gasteiger charge is 2.40. The summed E-state index contributed by atoms with van der Waals surface area (Å²) in [6.45, 7) is 11.3. The van der Waals surface area contributed by atoms with Gasteiger partial charge in [0.2, 0.25) is 5.56 Å². The molecule has 0 bridgehead atoms. The second-order valence-electron chi connectivity index (χ2n) is 15.6. The number of hydrogen-bond acceptors (Lipinski definition) is 5. The number of carboxylic acid groups (broad SMARTS) is 1. The summed E-state index contributed by atoms with van der Waals surface area (Å²) in [4.78, 5) is 43.0. The van der Waals surface area contributed by atoms with E-state index in [2.05, 4.69) is 49.5 Å². The molecule has 0 spiro atoms. The van der Waals surface area contributed by atoms with Gasteiger partial charge < -0.3 is 34.8 Å². The Morgan fingerprint density at radius 2 is 1.49 bits per heavy atom. The first-order valence-corrected chi connectivity index (χ1v) is 22.0. The van der Waals surface area contributed by atoms with Crippen LogP contribution in [0.2, 0.25) is 18.1 Å². The Morgan fingerprint density at radius 3 is 2.21 bits per heavy atom. The lowest BCUT2D eigenvalue weighted by atomic mass is 10.0. The number of amides is 3. The fraction of sp³-hybridized carbons (Fsp3) is 0.239. The Balaban J connectivity index is 1.21. The molecule has 1 aromatic heterocycles. The summed E-state index contributed by atoms with van der Waals surface area (Å²) in [5.74, 6) is 0.513. The molecule has 0 radical (unpaired) electrons. The van der Waals surface area contributed by atoms with Crippen molar-refractivity contribution < 1.29 is 23.9 Å². The number of aromatic amines is 1. The molecule has 6 rings (SSSR count). The van der Waals surface area contributed by atoms with Crippen LogP contribution in [0.25, 0.3) is 22.0 Å². The molecule has 294 valence electrons. The van der Waals surface area contributed by atoms with Crippen molar-refractivity contribution in [2.24, 2.45) is 0 Å². The molecule has 6 aromatic rings. The molecule has 4 N–H and O–H groups in total. The van der Waals surface area contributed by atoms with Gasteiger partial charge in [-0.05, 0) is 77.1 Å². The van der Waals surface area contributed by atoms with Gasteiger partial charge >= 0.3 is 12.1 Å². The van der Waals surface area contributed by atoms with Gasteiger partial charge in [-0.25, -0.2) is 9.59 Å². The maximum absolute atomic E-state index is 13.2. The molecule has 0 aliphatic rings. The van der Waals surface area contributed by atoms with Crippen molar-refractivity contribution in [3.63, 3.8) is 0 Å². The van der Waals surface area contributed by atoms with Crippen molar-refractivity contribution in [3.8, 4) is 16.9 Å². The van der Waals surface area contributed by atoms with Gasteiger partial charge in [0.25, 0.3) is 0 Å². The minimum atomic E-state index is -2.45. The average Bonchev–Trinajstić information content (AvgIpc) is 3.18. The molecule has 0 fully saturated rings. The Morgan fingerprint density at radius 1 is 0.807 bits per heavy atom. The van der Waals surface area contributed by atoms with E-state index in [0.717, 1.165) is 33.2 Å². The molecule has 0 saturated heterocycles. The standard InChI is InChI=1S/C46H50N4O6Si/c1-46(2,3)57(4,5)56-41(37-23-25-40(43-38(37)24-26-42(51)49-43)55-31-33-15-8-6-9-16-33)30-50(45(53)54)28-27-32-17-14-20-35(29-32)47-44(52)48-39-22-13-12-21-36(39)34-18-10-7-11-19-34/h6-26,29,41H,27-28,30-31H2,1-5H3,(H,49,51)(H,53,54)(H2,47,48,52)/t41-/m0/s1. The number of ether oxygens (including phenoxy) is 1.